The fourth-order valence-corrected chi connectivity index (χ4v) is 4.28. The van der Waals surface area contributed by atoms with Crippen molar-refractivity contribution >= 4 is 23.4 Å². The third kappa shape index (κ3) is 3.91. The van der Waals surface area contributed by atoms with E-state index in [1.807, 2.05) is 13.0 Å². The lowest BCUT2D eigenvalue weighted by molar-refractivity contribution is -0.115. The molecule has 1 aliphatic carbocycles. The molecule has 4 rings (SSSR count). The molecule has 1 fully saturated rings. The summed E-state index contributed by atoms with van der Waals surface area (Å²) in [5, 5.41) is 15.2. The molecule has 0 saturated carbocycles. The predicted octanol–water partition coefficient (Wildman–Crippen LogP) is 2.46. The normalized spacial score (nSPS) is 20.1. The van der Waals surface area contributed by atoms with Gasteiger partial charge in [-0.05, 0) is 72.7 Å². The van der Waals surface area contributed by atoms with Gasteiger partial charge in [0.05, 0.1) is 17.9 Å². The van der Waals surface area contributed by atoms with Crippen LogP contribution in [0.2, 0.25) is 0 Å². The van der Waals surface area contributed by atoms with Crippen LogP contribution in [0.5, 0.6) is 0 Å². The van der Waals surface area contributed by atoms with Crippen LogP contribution in [0, 0.1) is 0 Å². The summed E-state index contributed by atoms with van der Waals surface area (Å²) in [5.74, 6) is -0.0420. The number of fused-ring (bicyclic) bond motifs is 1. The Morgan fingerprint density at radius 1 is 1.38 bits per heavy atom. The van der Waals surface area contributed by atoms with Crippen molar-refractivity contribution in [2.24, 2.45) is 0 Å². The maximum absolute atomic E-state index is 12.6. The van der Waals surface area contributed by atoms with Crippen LogP contribution >= 0.6 is 11.8 Å². The third-order valence-electron chi connectivity index (χ3n) is 4.92. The maximum Gasteiger partial charge on any atom is 0.237 e. The standard InChI is InChI=1S/C18H23N5O2S/c1-12(17(24)19-15-8-7-13-4-2-5-14(13)10-15)26-18-20-21-22-23(18)11-16-6-3-9-25-16/h7-8,10,12,16H,2-6,9,11H2,1H3,(H,19,24)/t12-,16-/m1/s1. The number of nitrogens with one attached hydrogen (secondary N) is 1. The second-order valence-corrected chi connectivity index (χ2v) is 8.17. The SMILES string of the molecule is C[C@@H](Sc1nnnn1C[C@H]1CCCO1)C(=O)Nc1ccc2c(c1)CCC2. The lowest BCUT2D eigenvalue weighted by Gasteiger charge is -2.14. The fourth-order valence-electron chi connectivity index (χ4n) is 3.48. The quantitative estimate of drug-likeness (QED) is 0.784. The van der Waals surface area contributed by atoms with Gasteiger partial charge >= 0.3 is 0 Å². The number of carbonyl (C=O) groups excluding carboxylic acids is 1. The summed E-state index contributed by atoms with van der Waals surface area (Å²) >= 11 is 1.37. The third-order valence-corrected chi connectivity index (χ3v) is 5.99. The number of hydrogen-bond acceptors (Lipinski definition) is 6. The van der Waals surface area contributed by atoms with Gasteiger partial charge in [-0.15, -0.1) is 5.10 Å². The van der Waals surface area contributed by atoms with Crippen LogP contribution in [-0.2, 0) is 28.9 Å². The summed E-state index contributed by atoms with van der Waals surface area (Å²) in [4.78, 5) is 12.6. The van der Waals surface area contributed by atoms with Crippen LogP contribution in [0.15, 0.2) is 23.4 Å². The number of benzene rings is 1. The molecule has 1 amide bonds. The molecule has 2 heterocycles. The summed E-state index contributed by atoms with van der Waals surface area (Å²) in [6.45, 7) is 3.31. The first-order valence-electron chi connectivity index (χ1n) is 9.16. The Kier molecular flexibility index (Phi) is 5.21. The summed E-state index contributed by atoms with van der Waals surface area (Å²) in [7, 11) is 0. The zero-order valence-electron chi connectivity index (χ0n) is 14.9. The van der Waals surface area contributed by atoms with Crippen molar-refractivity contribution in [3.63, 3.8) is 0 Å². The molecule has 26 heavy (non-hydrogen) atoms. The molecule has 7 nitrogen and oxygen atoms in total. The van der Waals surface area contributed by atoms with E-state index in [0.29, 0.717) is 11.7 Å². The number of hydrogen-bond donors (Lipinski definition) is 1. The first-order chi connectivity index (χ1) is 12.7. The van der Waals surface area contributed by atoms with E-state index in [-0.39, 0.29) is 17.3 Å². The van der Waals surface area contributed by atoms with Crippen LogP contribution < -0.4 is 5.32 Å². The Labute approximate surface area is 156 Å². The molecular formula is C18H23N5O2S. The molecule has 0 spiro atoms. The van der Waals surface area contributed by atoms with Crippen molar-refractivity contribution in [3.8, 4) is 0 Å². The lowest BCUT2D eigenvalue weighted by atomic mass is 10.1. The minimum Gasteiger partial charge on any atom is -0.376 e. The zero-order valence-corrected chi connectivity index (χ0v) is 15.7. The number of thioether (sulfide) groups is 1. The van der Waals surface area contributed by atoms with E-state index in [0.717, 1.165) is 38.0 Å². The van der Waals surface area contributed by atoms with Crippen LogP contribution in [0.4, 0.5) is 5.69 Å². The molecule has 2 aromatic rings. The fraction of sp³-hybridized carbons (Fsp3) is 0.556. The number of nitrogens with zero attached hydrogens (tertiary/aromatic N) is 4. The minimum absolute atomic E-state index is 0.0420. The Balaban J connectivity index is 1.36. The van der Waals surface area contributed by atoms with Gasteiger partial charge in [-0.3, -0.25) is 4.79 Å². The largest absolute Gasteiger partial charge is 0.376 e. The van der Waals surface area contributed by atoms with Gasteiger partial charge in [0.2, 0.25) is 11.1 Å². The Morgan fingerprint density at radius 2 is 2.27 bits per heavy atom. The molecule has 2 aliphatic rings. The molecular weight excluding hydrogens is 350 g/mol. The smallest absolute Gasteiger partial charge is 0.237 e. The number of ether oxygens (including phenoxy) is 1. The van der Waals surface area contributed by atoms with E-state index in [4.69, 9.17) is 4.74 Å². The number of aromatic nitrogens is 4. The number of aryl methyl sites for hydroxylation is 2. The molecule has 0 radical (unpaired) electrons. The molecule has 0 bridgehead atoms. The molecule has 2 atom stereocenters. The van der Waals surface area contributed by atoms with Crippen molar-refractivity contribution in [2.45, 2.75) is 62.1 Å². The highest BCUT2D eigenvalue weighted by molar-refractivity contribution is 8.00. The maximum atomic E-state index is 12.6. The number of rotatable bonds is 6. The number of carbonyl (C=O) groups is 1. The van der Waals surface area contributed by atoms with Crippen LogP contribution in [0.25, 0.3) is 0 Å². The second-order valence-electron chi connectivity index (χ2n) is 6.86. The van der Waals surface area contributed by atoms with Gasteiger partial charge in [0.25, 0.3) is 0 Å². The van der Waals surface area contributed by atoms with Crippen molar-refractivity contribution in [3.05, 3.63) is 29.3 Å². The van der Waals surface area contributed by atoms with Crippen molar-refractivity contribution < 1.29 is 9.53 Å². The van der Waals surface area contributed by atoms with Crippen LogP contribution in [0.3, 0.4) is 0 Å². The van der Waals surface area contributed by atoms with E-state index < -0.39 is 0 Å². The topological polar surface area (TPSA) is 81.9 Å². The predicted molar refractivity (Wildman–Crippen MR) is 99.2 cm³/mol. The van der Waals surface area contributed by atoms with Crippen LogP contribution in [0.1, 0.15) is 37.3 Å². The van der Waals surface area contributed by atoms with E-state index in [1.54, 1.807) is 4.68 Å². The highest BCUT2D eigenvalue weighted by atomic mass is 32.2. The molecule has 1 aromatic heterocycles. The molecule has 1 saturated heterocycles. The van der Waals surface area contributed by atoms with Gasteiger partial charge in [0, 0.05) is 12.3 Å². The summed E-state index contributed by atoms with van der Waals surface area (Å²) < 4.78 is 7.38. The highest BCUT2D eigenvalue weighted by Crippen LogP contribution is 2.26. The Hall–Kier alpha value is -1.93. The Bertz CT molecular complexity index is 788. The van der Waals surface area contributed by atoms with Gasteiger partial charge in [-0.25, -0.2) is 4.68 Å². The van der Waals surface area contributed by atoms with Crippen molar-refractivity contribution in [1.82, 2.24) is 20.2 Å². The van der Waals surface area contributed by atoms with Gasteiger partial charge in [-0.2, -0.15) is 0 Å². The average Bonchev–Trinajstić information content (AvgIpc) is 3.37. The average molecular weight is 373 g/mol. The van der Waals surface area contributed by atoms with Gasteiger partial charge < -0.3 is 10.1 Å². The monoisotopic (exact) mass is 373 g/mol. The second kappa shape index (κ2) is 7.75. The molecule has 138 valence electrons. The summed E-state index contributed by atoms with van der Waals surface area (Å²) in [5.41, 5.74) is 3.62. The first kappa shape index (κ1) is 17.5. The van der Waals surface area contributed by atoms with Crippen LogP contribution in [-0.4, -0.2) is 44.1 Å². The van der Waals surface area contributed by atoms with Crippen molar-refractivity contribution in [2.75, 3.05) is 11.9 Å². The summed E-state index contributed by atoms with van der Waals surface area (Å²) in [6.07, 6.45) is 5.71. The number of amides is 1. The van der Waals surface area contributed by atoms with Gasteiger partial charge in [0.15, 0.2) is 0 Å². The van der Waals surface area contributed by atoms with E-state index in [1.165, 1.54) is 29.3 Å². The Morgan fingerprint density at radius 3 is 3.12 bits per heavy atom. The molecule has 8 heteroatoms. The van der Waals surface area contributed by atoms with E-state index >= 15 is 0 Å². The van der Waals surface area contributed by atoms with E-state index in [2.05, 4.69) is 33.0 Å². The number of tetrazole rings is 1. The first-order valence-corrected chi connectivity index (χ1v) is 10.0. The number of anilines is 1. The molecule has 1 aliphatic heterocycles. The zero-order chi connectivity index (χ0) is 17.9. The molecule has 1 aromatic carbocycles. The minimum atomic E-state index is -0.294. The van der Waals surface area contributed by atoms with Crippen molar-refractivity contribution in [1.29, 1.82) is 0 Å². The molecule has 0 unspecified atom stereocenters. The van der Waals surface area contributed by atoms with Gasteiger partial charge in [-0.1, -0.05) is 17.8 Å². The van der Waals surface area contributed by atoms with E-state index in [9.17, 15) is 4.79 Å². The van der Waals surface area contributed by atoms with Gasteiger partial charge in [0.1, 0.15) is 0 Å². The highest BCUT2D eigenvalue weighted by Gasteiger charge is 2.22. The summed E-state index contributed by atoms with van der Waals surface area (Å²) in [6, 6.07) is 6.21. The molecule has 1 N–H and O–H groups in total. The lowest BCUT2D eigenvalue weighted by Crippen LogP contribution is -2.23.